The Labute approximate surface area is 247 Å². The lowest BCUT2D eigenvalue weighted by Crippen LogP contribution is -2.52. The SMILES string of the molecule is COc1cc(C(=O)O)ccc1N1CN2[C@@H](CC(C)(C)C)C3(C(=O)Nc4ncccc43)[C@@H](c3cccc(Cl)c3F)[C@@H]2C1=O. The number of hydrogen-bond acceptors (Lipinski definition) is 6. The highest BCUT2D eigenvalue weighted by Crippen LogP contribution is 2.61. The topological polar surface area (TPSA) is 112 Å². The Morgan fingerprint density at radius 3 is 2.67 bits per heavy atom. The third-order valence-electron chi connectivity index (χ3n) is 8.61. The van der Waals surface area contributed by atoms with Crippen molar-refractivity contribution in [3.63, 3.8) is 0 Å². The highest BCUT2D eigenvalue weighted by atomic mass is 35.5. The maximum atomic E-state index is 16.0. The van der Waals surface area contributed by atoms with Gasteiger partial charge in [0.2, 0.25) is 11.8 Å². The zero-order valence-electron chi connectivity index (χ0n) is 23.5. The molecule has 2 saturated heterocycles. The molecule has 0 bridgehead atoms. The van der Waals surface area contributed by atoms with Crippen LogP contribution in [0.5, 0.6) is 5.75 Å². The smallest absolute Gasteiger partial charge is 0.335 e. The molecule has 2 amide bonds. The van der Waals surface area contributed by atoms with Crippen molar-refractivity contribution in [1.29, 1.82) is 0 Å². The standard InChI is InChI=1S/C31H30ClFN4O5/c1-30(2,3)14-22-31(18-8-6-12-34-26(18)35-29(31)41)23(17-7-5-9-19(32)24(17)33)25-27(38)36(15-37(22)25)20-11-10-16(28(39)40)13-21(20)42-4/h5-13,22-23,25H,14-15H2,1-4H3,(H,39,40)(H,34,35,41)/t22-,23-,25+,31?/m0/s1. The number of carbonyl (C=O) groups excluding carboxylic acids is 2. The molecule has 4 heterocycles. The molecule has 0 saturated carbocycles. The van der Waals surface area contributed by atoms with E-state index < -0.39 is 35.2 Å². The Balaban J connectivity index is 1.59. The number of nitrogens with zero attached hydrogens (tertiary/aromatic N) is 3. The van der Waals surface area contributed by atoms with Crippen LogP contribution in [0.3, 0.4) is 0 Å². The van der Waals surface area contributed by atoms with Gasteiger partial charge in [-0.25, -0.2) is 14.2 Å². The van der Waals surface area contributed by atoms with Gasteiger partial charge in [-0.2, -0.15) is 0 Å². The van der Waals surface area contributed by atoms with Crippen LogP contribution in [0.4, 0.5) is 15.9 Å². The molecular formula is C31H30ClFN4O5. The van der Waals surface area contributed by atoms with E-state index in [1.54, 1.807) is 24.4 Å². The molecule has 3 aromatic rings. The van der Waals surface area contributed by atoms with Crippen LogP contribution >= 0.6 is 11.6 Å². The second kappa shape index (κ2) is 9.78. The first-order chi connectivity index (χ1) is 19.9. The summed E-state index contributed by atoms with van der Waals surface area (Å²) in [5, 5.41) is 12.3. The normalized spacial score (nSPS) is 25.1. The molecule has 218 valence electrons. The van der Waals surface area contributed by atoms with Crippen LogP contribution in [0.25, 0.3) is 0 Å². The number of aromatic nitrogens is 1. The van der Waals surface area contributed by atoms with E-state index in [1.165, 1.54) is 36.3 Å². The zero-order valence-corrected chi connectivity index (χ0v) is 24.3. The van der Waals surface area contributed by atoms with Crippen molar-refractivity contribution in [3.05, 3.63) is 82.3 Å². The summed E-state index contributed by atoms with van der Waals surface area (Å²) < 4.78 is 21.5. The van der Waals surface area contributed by atoms with Gasteiger partial charge in [-0.15, -0.1) is 0 Å². The first-order valence-electron chi connectivity index (χ1n) is 13.6. The molecule has 4 atom stereocenters. The van der Waals surface area contributed by atoms with E-state index in [-0.39, 0.29) is 45.8 Å². The maximum absolute atomic E-state index is 16.0. The maximum Gasteiger partial charge on any atom is 0.335 e. The van der Waals surface area contributed by atoms with Gasteiger partial charge in [0, 0.05) is 23.7 Å². The van der Waals surface area contributed by atoms with Crippen molar-refractivity contribution in [2.75, 3.05) is 24.0 Å². The van der Waals surface area contributed by atoms with E-state index in [2.05, 4.69) is 31.1 Å². The Morgan fingerprint density at radius 2 is 1.98 bits per heavy atom. The summed E-state index contributed by atoms with van der Waals surface area (Å²) in [5.41, 5.74) is -0.444. The van der Waals surface area contributed by atoms with Crippen LogP contribution in [0, 0.1) is 11.2 Å². The van der Waals surface area contributed by atoms with E-state index in [4.69, 9.17) is 16.3 Å². The van der Waals surface area contributed by atoms with Crippen LogP contribution in [-0.4, -0.2) is 58.6 Å². The molecule has 9 nitrogen and oxygen atoms in total. The van der Waals surface area contributed by atoms with E-state index in [0.29, 0.717) is 23.5 Å². The molecule has 11 heteroatoms. The van der Waals surface area contributed by atoms with Crippen molar-refractivity contribution in [2.45, 2.75) is 50.6 Å². The van der Waals surface area contributed by atoms with E-state index in [1.807, 2.05) is 11.0 Å². The van der Waals surface area contributed by atoms with E-state index >= 15 is 4.39 Å². The largest absolute Gasteiger partial charge is 0.495 e. The van der Waals surface area contributed by atoms with Gasteiger partial charge >= 0.3 is 5.97 Å². The summed E-state index contributed by atoms with van der Waals surface area (Å²) in [5.74, 6) is -2.85. The lowest BCUT2D eigenvalue weighted by atomic mass is 9.62. The number of nitrogens with one attached hydrogen (secondary N) is 1. The molecule has 1 spiro atoms. The van der Waals surface area contributed by atoms with E-state index in [0.717, 1.165) is 0 Å². The number of halogens is 2. The summed E-state index contributed by atoms with van der Waals surface area (Å²) in [6.07, 6.45) is 2.09. The highest BCUT2D eigenvalue weighted by molar-refractivity contribution is 6.30. The number of carboxylic acids is 1. The molecule has 3 aliphatic rings. The lowest BCUT2D eigenvalue weighted by Gasteiger charge is -2.40. The number of anilines is 2. The lowest BCUT2D eigenvalue weighted by molar-refractivity contribution is -0.122. The Hall–Kier alpha value is -4.02. The molecule has 0 aliphatic carbocycles. The van der Waals surface area contributed by atoms with Gasteiger partial charge in [0.25, 0.3) is 0 Å². The second-order valence-corrected chi connectivity index (χ2v) is 12.6. The molecule has 1 aromatic heterocycles. The number of pyridine rings is 1. The first-order valence-corrected chi connectivity index (χ1v) is 14.0. The third kappa shape index (κ3) is 3.99. The number of rotatable bonds is 5. The minimum atomic E-state index is -1.34. The predicted octanol–water partition coefficient (Wildman–Crippen LogP) is 5.05. The number of hydrogen-bond donors (Lipinski definition) is 2. The van der Waals surface area contributed by atoms with Gasteiger partial charge in [-0.05, 0) is 47.7 Å². The number of carbonyl (C=O) groups is 3. The van der Waals surface area contributed by atoms with Crippen molar-refractivity contribution in [2.24, 2.45) is 5.41 Å². The summed E-state index contributed by atoms with van der Waals surface area (Å²) in [6.45, 7) is 6.26. The number of aromatic carboxylic acids is 1. The predicted molar refractivity (Wildman–Crippen MR) is 154 cm³/mol. The van der Waals surface area contributed by atoms with Crippen molar-refractivity contribution < 1.29 is 28.6 Å². The zero-order chi connectivity index (χ0) is 30.1. The van der Waals surface area contributed by atoms with Crippen LogP contribution < -0.4 is 15.0 Å². The molecule has 3 aliphatic heterocycles. The summed E-state index contributed by atoms with van der Waals surface area (Å²) in [6, 6.07) is 11.1. The van der Waals surface area contributed by atoms with Gasteiger partial charge in [0.1, 0.15) is 22.8 Å². The fourth-order valence-electron chi connectivity index (χ4n) is 7.04. The van der Waals surface area contributed by atoms with Crippen LogP contribution in [-0.2, 0) is 15.0 Å². The quantitative estimate of drug-likeness (QED) is 0.426. The number of methoxy groups -OCH3 is 1. The molecule has 0 radical (unpaired) electrons. The van der Waals surface area contributed by atoms with Crippen LogP contribution in [0.15, 0.2) is 54.7 Å². The van der Waals surface area contributed by atoms with Crippen LogP contribution in [0.2, 0.25) is 5.02 Å². The Morgan fingerprint density at radius 1 is 1.21 bits per heavy atom. The van der Waals surface area contributed by atoms with Gasteiger partial charge in [-0.3, -0.25) is 19.4 Å². The van der Waals surface area contributed by atoms with Crippen molar-refractivity contribution >= 4 is 40.9 Å². The van der Waals surface area contributed by atoms with Gasteiger partial charge in [0.15, 0.2) is 0 Å². The molecule has 2 N–H and O–H groups in total. The monoisotopic (exact) mass is 592 g/mol. The molecule has 6 rings (SSSR count). The molecule has 1 unspecified atom stereocenters. The van der Waals surface area contributed by atoms with Gasteiger partial charge in [-0.1, -0.05) is 50.6 Å². The minimum Gasteiger partial charge on any atom is -0.495 e. The fraction of sp³-hybridized carbons (Fsp3) is 0.355. The molecular weight excluding hydrogens is 563 g/mol. The van der Waals surface area contributed by atoms with Gasteiger partial charge < -0.3 is 15.2 Å². The Kier molecular flexibility index (Phi) is 6.54. The van der Waals surface area contributed by atoms with Gasteiger partial charge in [0.05, 0.1) is 36.1 Å². The molecule has 2 fully saturated rings. The summed E-state index contributed by atoms with van der Waals surface area (Å²) >= 11 is 6.29. The Bertz CT molecular complexity index is 1640. The fourth-order valence-corrected chi connectivity index (χ4v) is 7.22. The number of ether oxygens (including phenoxy) is 1. The number of amides is 2. The second-order valence-electron chi connectivity index (χ2n) is 12.2. The average molecular weight is 593 g/mol. The molecule has 2 aromatic carbocycles. The number of carboxylic acid groups (broad SMARTS) is 1. The van der Waals surface area contributed by atoms with Crippen molar-refractivity contribution in [1.82, 2.24) is 9.88 Å². The minimum absolute atomic E-state index is 0.0120. The third-order valence-corrected chi connectivity index (χ3v) is 8.91. The number of benzene rings is 2. The average Bonchev–Trinajstić information content (AvgIpc) is 3.52. The molecule has 42 heavy (non-hydrogen) atoms. The highest BCUT2D eigenvalue weighted by Gasteiger charge is 2.71. The van der Waals surface area contributed by atoms with Crippen LogP contribution in [0.1, 0.15) is 54.6 Å². The first kappa shape index (κ1) is 28.1. The number of fused-ring (bicyclic) bond motifs is 3. The summed E-state index contributed by atoms with van der Waals surface area (Å²) in [4.78, 5) is 48.3. The van der Waals surface area contributed by atoms with Crippen molar-refractivity contribution in [3.8, 4) is 5.75 Å². The van der Waals surface area contributed by atoms with E-state index in [9.17, 15) is 19.5 Å². The summed E-state index contributed by atoms with van der Waals surface area (Å²) in [7, 11) is 1.40.